The van der Waals surface area contributed by atoms with Gasteiger partial charge in [0, 0.05) is 11.4 Å². The molecule has 1 saturated heterocycles. The lowest BCUT2D eigenvalue weighted by atomic mass is 10.1. The number of amides is 1. The van der Waals surface area contributed by atoms with Crippen molar-refractivity contribution in [3.8, 4) is 0 Å². The number of thiophene rings is 1. The minimum atomic E-state index is -0.0226. The van der Waals surface area contributed by atoms with Crippen LogP contribution in [0.25, 0.3) is 0 Å². The maximum atomic E-state index is 12.7. The van der Waals surface area contributed by atoms with Crippen molar-refractivity contribution >= 4 is 17.2 Å². The molecule has 2 heterocycles. The van der Waals surface area contributed by atoms with E-state index in [2.05, 4.69) is 26.0 Å². The summed E-state index contributed by atoms with van der Waals surface area (Å²) >= 11 is 1.63. The van der Waals surface area contributed by atoms with Gasteiger partial charge >= 0.3 is 0 Å². The number of ether oxygens (including phenoxy) is 1. The van der Waals surface area contributed by atoms with Crippen molar-refractivity contribution in [2.24, 2.45) is 0 Å². The van der Waals surface area contributed by atoms with Crippen molar-refractivity contribution in [3.05, 3.63) is 57.3 Å². The Bertz CT molecular complexity index is 650. The largest absolute Gasteiger partial charge is 0.370 e. The van der Waals surface area contributed by atoms with Crippen LogP contribution in [0.1, 0.15) is 38.7 Å². The zero-order valence-electron chi connectivity index (χ0n) is 13.0. The molecule has 0 bridgehead atoms. The fraction of sp³-hybridized carbons (Fsp3) is 0.389. The molecule has 3 nitrogen and oxygen atoms in total. The number of hydrogen-bond donors (Lipinski definition) is 0. The van der Waals surface area contributed by atoms with Gasteiger partial charge in [0.15, 0.2) is 0 Å². The second kappa shape index (κ2) is 6.63. The van der Waals surface area contributed by atoms with Crippen molar-refractivity contribution in [2.75, 3.05) is 19.7 Å². The van der Waals surface area contributed by atoms with Crippen molar-refractivity contribution in [2.45, 2.75) is 26.4 Å². The SMILES string of the molecule is CCc1sc(C(=O)N2CCOC(c3ccccc3)C2)cc1C. The molecule has 2 aromatic rings. The highest BCUT2D eigenvalue weighted by Crippen LogP contribution is 2.27. The van der Waals surface area contributed by atoms with Crippen LogP contribution in [-0.2, 0) is 11.2 Å². The zero-order chi connectivity index (χ0) is 15.5. The van der Waals surface area contributed by atoms with Crippen LogP contribution >= 0.6 is 11.3 Å². The van der Waals surface area contributed by atoms with Gasteiger partial charge in [-0.1, -0.05) is 37.3 Å². The molecule has 1 amide bonds. The highest BCUT2D eigenvalue weighted by Gasteiger charge is 2.27. The van der Waals surface area contributed by atoms with Gasteiger partial charge in [0.2, 0.25) is 0 Å². The molecule has 1 aromatic heterocycles. The molecule has 0 spiro atoms. The summed E-state index contributed by atoms with van der Waals surface area (Å²) in [6.45, 7) is 6.10. The summed E-state index contributed by atoms with van der Waals surface area (Å²) in [5, 5.41) is 0. The first-order valence-electron chi connectivity index (χ1n) is 7.74. The van der Waals surface area contributed by atoms with E-state index in [0.717, 1.165) is 16.9 Å². The van der Waals surface area contributed by atoms with E-state index >= 15 is 0 Å². The lowest BCUT2D eigenvalue weighted by molar-refractivity contribution is -0.0226. The van der Waals surface area contributed by atoms with Crippen molar-refractivity contribution in [3.63, 3.8) is 0 Å². The van der Waals surface area contributed by atoms with Crippen molar-refractivity contribution in [1.29, 1.82) is 0 Å². The van der Waals surface area contributed by atoms with Gasteiger partial charge in [-0.15, -0.1) is 11.3 Å². The normalized spacial score (nSPS) is 18.5. The standard InChI is InChI=1S/C18H21NO2S/c1-3-16-13(2)11-17(22-16)18(20)19-9-10-21-15(12-19)14-7-5-4-6-8-14/h4-8,11,15H,3,9-10,12H2,1-2H3. The van der Waals surface area contributed by atoms with E-state index in [1.54, 1.807) is 11.3 Å². The Labute approximate surface area is 135 Å². The van der Waals surface area contributed by atoms with Crippen LogP contribution < -0.4 is 0 Å². The third-order valence-electron chi connectivity index (χ3n) is 4.08. The summed E-state index contributed by atoms with van der Waals surface area (Å²) in [6, 6.07) is 12.2. The summed E-state index contributed by atoms with van der Waals surface area (Å²) in [5.74, 6) is 0.136. The highest BCUT2D eigenvalue weighted by molar-refractivity contribution is 7.14. The number of morpholine rings is 1. The van der Waals surface area contributed by atoms with Crippen LogP contribution in [0.5, 0.6) is 0 Å². The molecule has 0 saturated carbocycles. The quantitative estimate of drug-likeness (QED) is 0.861. The van der Waals surface area contributed by atoms with Gasteiger partial charge in [-0.05, 0) is 30.5 Å². The van der Waals surface area contributed by atoms with Gasteiger partial charge in [-0.3, -0.25) is 4.79 Å². The molecular formula is C18H21NO2S. The second-order valence-corrected chi connectivity index (χ2v) is 6.73. The molecule has 1 atom stereocenters. The van der Waals surface area contributed by atoms with Gasteiger partial charge in [-0.25, -0.2) is 0 Å². The van der Waals surface area contributed by atoms with Crippen LogP contribution in [0, 0.1) is 6.92 Å². The first-order chi connectivity index (χ1) is 10.7. The van der Waals surface area contributed by atoms with Gasteiger partial charge in [0.25, 0.3) is 5.91 Å². The number of nitrogens with zero attached hydrogens (tertiary/aromatic N) is 1. The number of hydrogen-bond acceptors (Lipinski definition) is 3. The first kappa shape index (κ1) is 15.3. The summed E-state index contributed by atoms with van der Waals surface area (Å²) in [4.78, 5) is 16.8. The Hall–Kier alpha value is -1.65. The number of benzene rings is 1. The molecule has 0 aliphatic carbocycles. The summed E-state index contributed by atoms with van der Waals surface area (Å²) in [5.41, 5.74) is 2.36. The third-order valence-corrected chi connectivity index (χ3v) is 5.45. The monoisotopic (exact) mass is 315 g/mol. The summed E-state index contributed by atoms with van der Waals surface area (Å²) in [6.07, 6.45) is 0.963. The van der Waals surface area contributed by atoms with E-state index in [1.807, 2.05) is 29.2 Å². The van der Waals surface area contributed by atoms with Gasteiger partial charge in [-0.2, -0.15) is 0 Å². The molecule has 1 aliphatic heterocycles. The summed E-state index contributed by atoms with van der Waals surface area (Å²) in [7, 11) is 0. The van der Waals surface area contributed by atoms with Gasteiger partial charge < -0.3 is 9.64 Å². The number of carbonyl (C=O) groups excluding carboxylic acids is 1. The molecule has 22 heavy (non-hydrogen) atoms. The molecule has 0 radical (unpaired) electrons. The predicted molar refractivity (Wildman–Crippen MR) is 89.5 cm³/mol. The number of carbonyl (C=O) groups is 1. The first-order valence-corrected chi connectivity index (χ1v) is 8.55. The Kier molecular flexibility index (Phi) is 4.60. The molecule has 116 valence electrons. The van der Waals surface area contributed by atoms with Crippen molar-refractivity contribution in [1.82, 2.24) is 4.90 Å². The maximum absolute atomic E-state index is 12.7. The average Bonchev–Trinajstić information content (AvgIpc) is 2.96. The van der Waals surface area contributed by atoms with E-state index in [1.165, 1.54) is 10.4 Å². The van der Waals surface area contributed by atoms with E-state index in [-0.39, 0.29) is 12.0 Å². The fourth-order valence-corrected chi connectivity index (χ4v) is 3.92. The molecule has 1 unspecified atom stereocenters. The van der Waals surface area contributed by atoms with Crippen LogP contribution in [0.15, 0.2) is 36.4 Å². The van der Waals surface area contributed by atoms with E-state index in [0.29, 0.717) is 19.7 Å². The molecule has 1 aromatic carbocycles. The topological polar surface area (TPSA) is 29.5 Å². The summed E-state index contributed by atoms with van der Waals surface area (Å²) < 4.78 is 5.84. The molecule has 1 aliphatic rings. The molecule has 3 rings (SSSR count). The molecular weight excluding hydrogens is 294 g/mol. The van der Waals surface area contributed by atoms with E-state index in [4.69, 9.17) is 4.74 Å². The minimum absolute atomic E-state index is 0.0226. The lowest BCUT2D eigenvalue weighted by Gasteiger charge is -2.33. The average molecular weight is 315 g/mol. The van der Waals surface area contributed by atoms with Crippen LogP contribution in [0.2, 0.25) is 0 Å². The Morgan fingerprint density at radius 3 is 2.82 bits per heavy atom. The Balaban J connectivity index is 1.75. The van der Waals surface area contributed by atoms with Crippen LogP contribution in [0.3, 0.4) is 0 Å². The molecule has 1 fully saturated rings. The number of rotatable bonds is 3. The van der Waals surface area contributed by atoms with Crippen LogP contribution in [0.4, 0.5) is 0 Å². The minimum Gasteiger partial charge on any atom is -0.370 e. The highest BCUT2D eigenvalue weighted by atomic mass is 32.1. The Morgan fingerprint density at radius 1 is 1.36 bits per heavy atom. The van der Waals surface area contributed by atoms with E-state index in [9.17, 15) is 4.79 Å². The zero-order valence-corrected chi connectivity index (χ0v) is 13.9. The Morgan fingerprint density at radius 2 is 2.14 bits per heavy atom. The second-order valence-electron chi connectivity index (χ2n) is 5.59. The molecule has 0 N–H and O–H groups in total. The lowest BCUT2D eigenvalue weighted by Crippen LogP contribution is -2.42. The van der Waals surface area contributed by atoms with Gasteiger partial charge in [0.1, 0.15) is 6.10 Å². The maximum Gasteiger partial charge on any atom is 0.264 e. The predicted octanol–water partition coefficient (Wildman–Crippen LogP) is 3.83. The van der Waals surface area contributed by atoms with Crippen LogP contribution in [-0.4, -0.2) is 30.5 Å². The van der Waals surface area contributed by atoms with Gasteiger partial charge in [0.05, 0.1) is 18.0 Å². The number of aryl methyl sites for hydroxylation is 2. The van der Waals surface area contributed by atoms with E-state index < -0.39 is 0 Å². The third kappa shape index (κ3) is 3.08. The fourth-order valence-electron chi connectivity index (χ4n) is 2.84. The van der Waals surface area contributed by atoms with Crippen molar-refractivity contribution < 1.29 is 9.53 Å². The molecule has 4 heteroatoms. The smallest absolute Gasteiger partial charge is 0.264 e.